The van der Waals surface area contributed by atoms with Crippen molar-refractivity contribution < 1.29 is 12.6 Å². The van der Waals surface area contributed by atoms with E-state index in [1.54, 1.807) is 24.3 Å². The summed E-state index contributed by atoms with van der Waals surface area (Å²) in [7, 11) is -2.48. The van der Waals surface area contributed by atoms with Gasteiger partial charge >= 0.3 is 0 Å². The van der Waals surface area contributed by atoms with E-state index in [2.05, 4.69) is 4.18 Å². The Kier molecular flexibility index (Phi) is 3.79. The van der Waals surface area contributed by atoms with Crippen LogP contribution in [0.25, 0.3) is 0 Å². The lowest BCUT2D eigenvalue weighted by Crippen LogP contribution is -2.16. The first-order valence-corrected chi connectivity index (χ1v) is 7.01. The normalized spacial score (nSPS) is 11.7. The maximum absolute atomic E-state index is 12.1. The van der Waals surface area contributed by atoms with E-state index in [-0.39, 0.29) is 0 Å². The first kappa shape index (κ1) is 12.8. The molecule has 0 aliphatic rings. The Balaban J connectivity index is 2.56. The van der Waals surface area contributed by atoms with Gasteiger partial charge in [-0.05, 0) is 11.1 Å². The summed E-state index contributed by atoms with van der Waals surface area (Å²) in [5.41, 5.74) is 1.40. The number of rotatable bonds is 4. The fourth-order valence-corrected chi connectivity index (χ4v) is 3.05. The predicted molar refractivity (Wildman–Crippen MR) is 70.7 cm³/mol. The van der Waals surface area contributed by atoms with Gasteiger partial charge in [0.15, 0.2) is 0 Å². The van der Waals surface area contributed by atoms with Gasteiger partial charge in [0.1, 0.15) is 5.25 Å². The third-order valence-corrected chi connectivity index (χ3v) is 4.31. The average Bonchev–Trinajstić information content (AvgIpc) is 2.41. The van der Waals surface area contributed by atoms with E-state index in [1.165, 1.54) is 7.11 Å². The summed E-state index contributed by atoms with van der Waals surface area (Å²) in [6, 6.07) is 18.1. The van der Waals surface area contributed by atoms with Gasteiger partial charge in [-0.25, -0.2) is 0 Å². The van der Waals surface area contributed by atoms with Gasteiger partial charge < -0.3 is 0 Å². The molecule has 18 heavy (non-hydrogen) atoms. The third-order valence-electron chi connectivity index (χ3n) is 2.73. The van der Waals surface area contributed by atoms with Crippen molar-refractivity contribution in [2.75, 3.05) is 7.11 Å². The number of hydrogen-bond donors (Lipinski definition) is 0. The van der Waals surface area contributed by atoms with Crippen molar-refractivity contribution in [1.82, 2.24) is 0 Å². The second-order valence-electron chi connectivity index (χ2n) is 3.86. The molecule has 0 aliphatic heterocycles. The quantitative estimate of drug-likeness (QED) is 0.796. The molecule has 0 aromatic heterocycles. The van der Waals surface area contributed by atoms with Crippen LogP contribution in [0.4, 0.5) is 0 Å². The highest BCUT2D eigenvalue weighted by Gasteiger charge is 2.28. The first-order chi connectivity index (χ1) is 8.65. The van der Waals surface area contributed by atoms with Crippen molar-refractivity contribution in [3.05, 3.63) is 71.8 Å². The maximum Gasteiger partial charge on any atom is 0.278 e. The predicted octanol–water partition coefficient (Wildman–Crippen LogP) is 2.75. The van der Waals surface area contributed by atoms with Crippen LogP contribution in [0, 0.1) is 0 Å². The van der Waals surface area contributed by atoms with Gasteiger partial charge in [0, 0.05) is 0 Å². The monoisotopic (exact) mass is 262 g/mol. The summed E-state index contributed by atoms with van der Waals surface area (Å²) in [5.74, 6) is 0. The molecule has 0 heterocycles. The second-order valence-corrected chi connectivity index (χ2v) is 5.65. The Morgan fingerprint density at radius 3 is 1.56 bits per heavy atom. The fourth-order valence-electron chi connectivity index (χ4n) is 1.88. The summed E-state index contributed by atoms with van der Waals surface area (Å²) in [6.45, 7) is 0. The third kappa shape index (κ3) is 2.60. The zero-order valence-corrected chi connectivity index (χ0v) is 10.8. The molecule has 4 heteroatoms. The van der Waals surface area contributed by atoms with Crippen LogP contribution >= 0.6 is 0 Å². The molecular formula is C14H14O3S. The number of benzene rings is 2. The van der Waals surface area contributed by atoms with Crippen LogP contribution in [0.3, 0.4) is 0 Å². The van der Waals surface area contributed by atoms with Crippen LogP contribution in [-0.4, -0.2) is 15.5 Å². The van der Waals surface area contributed by atoms with Crippen LogP contribution in [0.2, 0.25) is 0 Å². The molecule has 0 bridgehead atoms. The summed E-state index contributed by atoms with van der Waals surface area (Å²) < 4.78 is 28.8. The fraction of sp³-hybridized carbons (Fsp3) is 0.143. The van der Waals surface area contributed by atoms with Crippen molar-refractivity contribution in [1.29, 1.82) is 0 Å². The largest absolute Gasteiger partial charge is 0.278 e. The van der Waals surface area contributed by atoms with Crippen molar-refractivity contribution in [3.8, 4) is 0 Å². The minimum Gasteiger partial charge on any atom is -0.273 e. The summed E-state index contributed by atoms with van der Waals surface area (Å²) >= 11 is 0. The van der Waals surface area contributed by atoms with Crippen LogP contribution in [-0.2, 0) is 14.3 Å². The lowest BCUT2D eigenvalue weighted by molar-refractivity contribution is 0.392. The van der Waals surface area contributed by atoms with Crippen molar-refractivity contribution in [2.45, 2.75) is 5.25 Å². The molecule has 0 radical (unpaired) electrons. The van der Waals surface area contributed by atoms with E-state index in [1.807, 2.05) is 36.4 Å². The zero-order valence-electron chi connectivity index (χ0n) is 9.98. The van der Waals surface area contributed by atoms with Gasteiger partial charge in [-0.1, -0.05) is 60.7 Å². The van der Waals surface area contributed by atoms with Gasteiger partial charge in [0.2, 0.25) is 0 Å². The molecule has 0 saturated heterocycles. The molecular weight excluding hydrogens is 248 g/mol. The molecule has 2 rings (SSSR count). The first-order valence-electron chi connectivity index (χ1n) is 5.54. The van der Waals surface area contributed by atoms with E-state index in [9.17, 15) is 8.42 Å². The Bertz CT molecular complexity index is 552. The van der Waals surface area contributed by atoms with Crippen LogP contribution in [0.15, 0.2) is 60.7 Å². The molecule has 0 spiro atoms. The van der Waals surface area contributed by atoms with Gasteiger partial charge in [0.25, 0.3) is 10.1 Å². The van der Waals surface area contributed by atoms with Crippen LogP contribution < -0.4 is 0 Å². The van der Waals surface area contributed by atoms with Crippen molar-refractivity contribution in [3.63, 3.8) is 0 Å². The molecule has 0 aliphatic carbocycles. The SMILES string of the molecule is COS(=O)(=O)C(c1ccccc1)c1ccccc1. The Morgan fingerprint density at radius 1 is 0.833 bits per heavy atom. The van der Waals surface area contributed by atoms with E-state index in [0.29, 0.717) is 11.1 Å². The van der Waals surface area contributed by atoms with Gasteiger partial charge in [-0.2, -0.15) is 8.42 Å². The molecule has 0 unspecified atom stereocenters. The molecule has 0 saturated carbocycles. The van der Waals surface area contributed by atoms with Crippen molar-refractivity contribution >= 4 is 10.1 Å². The van der Waals surface area contributed by atoms with Gasteiger partial charge in [-0.3, -0.25) is 4.18 Å². The summed E-state index contributed by atoms with van der Waals surface area (Å²) in [4.78, 5) is 0. The molecule has 3 nitrogen and oxygen atoms in total. The van der Waals surface area contributed by atoms with Gasteiger partial charge in [-0.15, -0.1) is 0 Å². The highest BCUT2D eigenvalue weighted by molar-refractivity contribution is 7.87. The molecule has 2 aromatic carbocycles. The highest BCUT2D eigenvalue weighted by atomic mass is 32.2. The Labute approximate surface area is 107 Å². The zero-order chi connectivity index (χ0) is 13.0. The lowest BCUT2D eigenvalue weighted by Gasteiger charge is -2.16. The van der Waals surface area contributed by atoms with E-state index < -0.39 is 15.4 Å². The molecule has 0 fully saturated rings. The van der Waals surface area contributed by atoms with Crippen LogP contribution in [0.1, 0.15) is 16.4 Å². The number of hydrogen-bond acceptors (Lipinski definition) is 3. The second kappa shape index (κ2) is 5.33. The summed E-state index contributed by atoms with van der Waals surface area (Å²) in [6.07, 6.45) is 0. The van der Waals surface area contributed by atoms with E-state index in [4.69, 9.17) is 0 Å². The average molecular weight is 262 g/mol. The standard InChI is InChI=1S/C14H14O3S/c1-17-18(15,16)14(12-8-4-2-5-9-12)13-10-6-3-7-11-13/h2-11,14H,1H3. The topological polar surface area (TPSA) is 43.4 Å². The van der Waals surface area contributed by atoms with E-state index >= 15 is 0 Å². The molecule has 0 atom stereocenters. The molecule has 94 valence electrons. The molecule has 2 aromatic rings. The Hall–Kier alpha value is -1.65. The summed E-state index contributed by atoms with van der Waals surface area (Å²) in [5, 5.41) is -0.787. The maximum atomic E-state index is 12.1. The highest BCUT2D eigenvalue weighted by Crippen LogP contribution is 2.30. The molecule has 0 amide bonds. The van der Waals surface area contributed by atoms with Crippen LogP contribution in [0.5, 0.6) is 0 Å². The minimum atomic E-state index is -3.67. The molecule has 0 N–H and O–H groups in total. The minimum absolute atomic E-state index is 0.700. The smallest absolute Gasteiger partial charge is 0.273 e. The lowest BCUT2D eigenvalue weighted by atomic mass is 10.0. The van der Waals surface area contributed by atoms with E-state index in [0.717, 1.165) is 0 Å². The van der Waals surface area contributed by atoms with Gasteiger partial charge in [0.05, 0.1) is 7.11 Å². The van der Waals surface area contributed by atoms with Crippen molar-refractivity contribution in [2.24, 2.45) is 0 Å². The Morgan fingerprint density at radius 2 is 1.22 bits per heavy atom.